The van der Waals surface area contributed by atoms with Gasteiger partial charge in [-0.3, -0.25) is 0 Å². The van der Waals surface area contributed by atoms with Crippen LogP contribution in [-0.2, 0) is 6.42 Å². The minimum absolute atomic E-state index is 0.0886. The number of nitrogens with zero attached hydrogens (tertiary/aromatic N) is 2. The maximum atomic E-state index is 5.19. The third kappa shape index (κ3) is 4.74. The van der Waals surface area contributed by atoms with Gasteiger partial charge in [0.15, 0.2) is 0 Å². The van der Waals surface area contributed by atoms with Crippen molar-refractivity contribution in [2.75, 3.05) is 12.4 Å². The Morgan fingerprint density at radius 2 is 1.86 bits per heavy atom. The molecule has 1 N–H and O–H groups in total. The van der Waals surface area contributed by atoms with Gasteiger partial charge < -0.3 is 10.1 Å². The summed E-state index contributed by atoms with van der Waals surface area (Å²) in [5, 5.41) is 3.40. The Hall–Kier alpha value is -2.10. The quantitative estimate of drug-likeness (QED) is 0.880. The van der Waals surface area contributed by atoms with E-state index >= 15 is 0 Å². The van der Waals surface area contributed by atoms with Gasteiger partial charge in [0, 0.05) is 17.3 Å². The summed E-state index contributed by atoms with van der Waals surface area (Å²) in [6.07, 6.45) is 2.01. The molecule has 0 atom stereocenters. The van der Waals surface area contributed by atoms with E-state index in [0.29, 0.717) is 11.8 Å². The first kappa shape index (κ1) is 15.3. The van der Waals surface area contributed by atoms with Crippen LogP contribution in [0.3, 0.4) is 0 Å². The van der Waals surface area contributed by atoms with Crippen molar-refractivity contribution in [2.45, 2.75) is 39.2 Å². The van der Waals surface area contributed by atoms with Gasteiger partial charge in [-0.25, -0.2) is 4.98 Å². The highest BCUT2D eigenvalue weighted by Gasteiger charge is 2.19. The zero-order valence-corrected chi connectivity index (χ0v) is 13.2. The average Bonchev–Trinajstić information content (AvgIpc) is 2.45. The van der Waals surface area contributed by atoms with Gasteiger partial charge in [-0.15, -0.1) is 0 Å². The second-order valence-corrected chi connectivity index (χ2v) is 5.87. The number of methoxy groups -OCH3 is 1. The summed E-state index contributed by atoms with van der Waals surface area (Å²) >= 11 is 0. The Labute approximate surface area is 126 Å². The van der Waals surface area contributed by atoms with Gasteiger partial charge in [-0.2, -0.15) is 4.98 Å². The van der Waals surface area contributed by atoms with E-state index in [1.54, 1.807) is 7.11 Å². The van der Waals surface area contributed by atoms with Crippen LogP contribution in [0.15, 0.2) is 36.4 Å². The van der Waals surface area contributed by atoms with E-state index in [0.717, 1.165) is 18.5 Å². The highest BCUT2D eigenvalue weighted by molar-refractivity contribution is 5.33. The second kappa shape index (κ2) is 6.57. The van der Waals surface area contributed by atoms with Crippen LogP contribution in [0.2, 0.25) is 0 Å². The summed E-state index contributed by atoms with van der Waals surface area (Å²) < 4.78 is 5.19. The first-order valence-corrected chi connectivity index (χ1v) is 7.20. The number of rotatable bonds is 6. The molecule has 0 spiro atoms. The van der Waals surface area contributed by atoms with Crippen molar-refractivity contribution in [2.24, 2.45) is 0 Å². The third-order valence-electron chi connectivity index (χ3n) is 3.37. The van der Waals surface area contributed by atoms with Crippen LogP contribution < -0.4 is 10.1 Å². The second-order valence-electron chi connectivity index (χ2n) is 5.87. The maximum Gasteiger partial charge on any atom is 0.226 e. The highest BCUT2D eigenvalue weighted by Crippen LogP contribution is 2.20. The average molecular weight is 285 g/mol. The first-order valence-electron chi connectivity index (χ1n) is 7.20. The molecule has 0 amide bonds. The van der Waals surface area contributed by atoms with Crippen LogP contribution in [0.25, 0.3) is 0 Å². The lowest BCUT2D eigenvalue weighted by molar-refractivity contribution is 0.396. The molecule has 21 heavy (non-hydrogen) atoms. The molecule has 2 rings (SSSR count). The molecular weight excluding hydrogens is 262 g/mol. The predicted octanol–water partition coefficient (Wildman–Crippen LogP) is 3.62. The van der Waals surface area contributed by atoms with E-state index in [1.165, 1.54) is 5.56 Å². The van der Waals surface area contributed by atoms with Crippen LogP contribution in [-0.4, -0.2) is 22.6 Å². The van der Waals surface area contributed by atoms with Crippen molar-refractivity contribution >= 4 is 5.95 Å². The molecule has 0 saturated heterocycles. The minimum Gasteiger partial charge on any atom is -0.481 e. The summed E-state index contributed by atoms with van der Waals surface area (Å²) in [5.74, 6) is 1.20. The Bertz CT molecular complexity index is 582. The molecule has 1 heterocycles. The molecule has 0 aliphatic heterocycles. The minimum atomic E-state index is -0.0886. The van der Waals surface area contributed by atoms with Crippen molar-refractivity contribution in [3.63, 3.8) is 0 Å². The Morgan fingerprint density at radius 1 is 1.14 bits per heavy atom. The molecular formula is C17H23N3O. The number of hydrogen-bond donors (Lipinski definition) is 1. The van der Waals surface area contributed by atoms with E-state index in [4.69, 9.17) is 4.74 Å². The Balaban J connectivity index is 2.01. The molecule has 4 heteroatoms. The molecule has 0 saturated carbocycles. The zero-order chi connectivity index (χ0) is 15.3. The maximum absolute atomic E-state index is 5.19. The lowest BCUT2D eigenvalue weighted by atomic mass is 9.95. The Kier molecular flexibility index (Phi) is 4.78. The monoisotopic (exact) mass is 285 g/mol. The normalized spacial score (nSPS) is 11.2. The van der Waals surface area contributed by atoms with Crippen molar-refractivity contribution in [1.29, 1.82) is 0 Å². The molecule has 0 aliphatic rings. The van der Waals surface area contributed by atoms with Crippen molar-refractivity contribution in [3.8, 4) is 5.88 Å². The van der Waals surface area contributed by atoms with Crippen molar-refractivity contribution < 1.29 is 4.74 Å². The summed E-state index contributed by atoms with van der Waals surface area (Å²) in [5.41, 5.74) is 2.15. The van der Waals surface area contributed by atoms with E-state index in [1.807, 2.05) is 19.1 Å². The smallest absolute Gasteiger partial charge is 0.226 e. The van der Waals surface area contributed by atoms with Gasteiger partial charge in [-0.1, -0.05) is 30.3 Å². The van der Waals surface area contributed by atoms with E-state index in [9.17, 15) is 0 Å². The molecule has 1 aromatic heterocycles. The standard InChI is InChI=1S/C17H23N3O/c1-13-12-15(21-4)19-16(18-13)20-17(2,3)11-10-14-8-6-5-7-9-14/h5-9,12H,10-11H2,1-4H3,(H,18,19,20). The summed E-state index contributed by atoms with van der Waals surface area (Å²) in [6.45, 7) is 6.26. The molecule has 0 bridgehead atoms. The molecule has 0 fully saturated rings. The fourth-order valence-corrected chi connectivity index (χ4v) is 2.17. The number of aromatic nitrogens is 2. The molecule has 112 valence electrons. The predicted molar refractivity (Wildman–Crippen MR) is 85.8 cm³/mol. The highest BCUT2D eigenvalue weighted by atomic mass is 16.5. The molecule has 4 nitrogen and oxygen atoms in total. The first-order chi connectivity index (χ1) is 9.98. The summed E-state index contributed by atoms with van der Waals surface area (Å²) in [6, 6.07) is 12.3. The van der Waals surface area contributed by atoms with Gasteiger partial charge in [0.05, 0.1) is 7.11 Å². The van der Waals surface area contributed by atoms with Gasteiger partial charge in [-0.05, 0) is 39.2 Å². The van der Waals surface area contributed by atoms with Crippen LogP contribution >= 0.6 is 0 Å². The number of benzene rings is 1. The fraction of sp³-hybridized carbons (Fsp3) is 0.412. The lowest BCUT2D eigenvalue weighted by Gasteiger charge is -2.26. The summed E-state index contributed by atoms with van der Waals surface area (Å²) in [4.78, 5) is 8.77. The van der Waals surface area contributed by atoms with Crippen molar-refractivity contribution in [1.82, 2.24) is 9.97 Å². The molecule has 0 unspecified atom stereocenters. The van der Waals surface area contributed by atoms with Crippen LogP contribution in [0.5, 0.6) is 5.88 Å². The van der Waals surface area contributed by atoms with Gasteiger partial charge in [0.2, 0.25) is 11.8 Å². The summed E-state index contributed by atoms with van der Waals surface area (Å²) in [7, 11) is 1.62. The third-order valence-corrected chi connectivity index (χ3v) is 3.37. The van der Waals surface area contributed by atoms with Gasteiger partial charge in [0.25, 0.3) is 0 Å². The largest absolute Gasteiger partial charge is 0.481 e. The number of ether oxygens (including phenoxy) is 1. The van der Waals surface area contributed by atoms with Crippen LogP contribution in [0.1, 0.15) is 31.5 Å². The topological polar surface area (TPSA) is 47.0 Å². The number of hydrogen-bond acceptors (Lipinski definition) is 4. The molecule has 1 aromatic carbocycles. The van der Waals surface area contributed by atoms with E-state index < -0.39 is 0 Å². The fourth-order valence-electron chi connectivity index (χ4n) is 2.17. The van der Waals surface area contributed by atoms with E-state index in [-0.39, 0.29) is 5.54 Å². The van der Waals surface area contributed by atoms with Crippen LogP contribution in [0, 0.1) is 6.92 Å². The Morgan fingerprint density at radius 3 is 2.52 bits per heavy atom. The van der Waals surface area contributed by atoms with Crippen molar-refractivity contribution in [3.05, 3.63) is 47.7 Å². The number of nitrogens with one attached hydrogen (secondary N) is 1. The number of anilines is 1. The SMILES string of the molecule is COc1cc(C)nc(NC(C)(C)CCc2ccccc2)n1. The zero-order valence-electron chi connectivity index (χ0n) is 13.2. The van der Waals surface area contributed by atoms with Crippen LogP contribution in [0.4, 0.5) is 5.95 Å². The number of aryl methyl sites for hydroxylation is 2. The van der Waals surface area contributed by atoms with E-state index in [2.05, 4.69) is 53.4 Å². The molecule has 2 aromatic rings. The van der Waals surface area contributed by atoms with Gasteiger partial charge >= 0.3 is 0 Å². The van der Waals surface area contributed by atoms with Gasteiger partial charge in [0.1, 0.15) is 0 Å². The molecule has 0 radical (unpaired) electrons. The lowest BCUT2D eigenvalue weighted by Crippen LogP contribution is -2.32. The molecule has 0 aliphatic carbocycles.